The van der Waals surface area contributed by atoms with Crippen LogP contribution in [-0.2, 0) is 16.1 Å². The smallest absolute Gasteiger partial charge is 0.243 e. The van der Waals surface area contributed by atoms with Gasteiger partial charge in [0.25, 0.3) is 0 Å². The molecule has 0 spiro atoms. The number of hydrogen-bond donors (Lipinski definition) is 2. The van der Waals surface area contributed by atoms with Crippen molar-refractivity contribution in [1.82, 2.24) is 5.32 Å². The van der Waals surface area contributed by atoms with E-state index in [1.807, 2.05) is 24.3 Å². The first-order valence-corrected chi connectivity index (χ1v) is 8.56. The van der Waals surface area contributed by atoms with Crippen molar-refractivity contribution in [1.29, 1.82) is 0 Å². The van der Waals surface area contributed by atoms with Gasteiger partial charge in [-0.15, -0.1) is 0 Å². The molecule has 0 radical (unpaired) electrons. The van der Waals surface area contributed by atoms with E-state index in [-0.39, 0.29) is 19.1 Å². The van der Waals surface area contributed by atoms with Crippen LogP contribution in [0.25, 0.3) is 0 Å². The molecule has 1 aromatic carbocycles. The Kier molecular flexibility index (Phi) is 9.20. The van der Waals surface area contributed by atoms with Gasteiger partial charge in [0.05, 0.1) is 33.9 Å². The molecule has 1 atom stereocenters. The highest BCUT2D eigenvalue weighted by atomic mass is 16.5. The molecular weight excluding hydrogens is 320 g/mol. The third-order valence-corrected chi connectivity index (χ3v) is 4.03. The van der Waals surface area contributed by atoms with E-state index in [0.717, 1.165) is 23.1 Å². The number of nitrogens with zero attached hydrogens (tertiary/aromatic N) is 1. The largest absolute Gasteiger partial charge is 0.491 e. The molecule has 0 saturated heterocycles. The number of ether oxygens (including phenoxy) is 2. The molecule has 0 aromatic heterocycles. The zero-order chi connectivity index (χ0) is 18.7. The molecule has 0 saturated carbocycles. The minimum atomic E-state index is -0.663. The second-order valence-electron chi connectivity index (χ2n) is 6.58. The van der Waals surface area contributed by atoms with Crippen LogP contribution < -0.4 is 10.1 Å². The Balaban J connectivity index is 2.23. The quantitative estimate of drug-likeness (QED) is 0.339. The lowest BCUT2D eigenvalue weighted by molar-refractivity contribution is -0.888. The summed E-state index contributed by atoms with van der Waals surface area (Å²) >= 11 is 0. The van der Waals surface area contributed by atoms with E-state index < -0.39 is 6.10 Å². The van der Waals surface area contributed by atoms with Gasteiger partial charge in [-0.3, -0.25) is 4.79 Å². The Morgan fingerprint density at radius 2 is 2.00 bits per heavy atom. The van der Waals surface area contributed by atoms with Crippen molar-refractivity contribution in [2.24, 2.45) is 0 Å². The second kappa shape index (κ2) is 10.9. The third kappa shape index (κ3) is 9.24. The fraction of sp³-hybridized carbons (Fsp3) is 0.526. The Labute approximate surface area is 150 Å². The number of quaternary nitrogens is 1. The predicted octanol–water partition coefficient (Wildman–Crippen LogP) is 1.34. The number of nitrogens with one attached hydrogen (secondary N) is 1. The molecule has 1 amide bonds. The van der Waals surface area contributed by atoms with Crippen molar-refractivity contribution in [3.63, 3.8) is 0 Å². The summed E-state index contributed by atoms with van der Waals surface area (Å²) in [7, 11) is 4.30. The number of hydrogen-bond acceptors (Lipinski definition) is 4. The normalized spacial score (nSPS) is 12.5. The van der Waals surface area contributed by atoms with E-state index in [9.17, 15) is 9.90 Å². The molecule has 0 aliphatic heterocycles. The Morgan fingerprint density at radius 3 is 2.60 bits per heavy atom. The fourth-order valence-corrected chi connectivity index (χ4v) is 1.89. The molecule has 1 aromatic rings. The summed E-state index contributed by atoms with van der Waals surface area (Å²) in [6.07, 6.45) is 0.576. The first-order valence-electron chi connectivity index (χ1n) is 8.56. The monoisotopic (exact) mass is 351 g/mol. The van der Waals surface area contributed by atoms with E-state index in [4.69, 9.17) is 9.47 Å². The number of likely N-dealkylation sites (N-methyl/N-ethyl adjacent to an activating group) is 1. The molecule has 0 aliphatic rings. The van der Waals surface area contributed by atoms with E-state index >= 15 is 0 Å². The van der Waals surface area contributed by atoms with Crippen LogP contribution in [0.5, 0.6) is 5.75 Å². The van der Waals surface area contributed by atoms with Crippen LogP contribution in [0.4, 0.5) is 0 Å². The number of carbonyl (C=O) groups excluding carboxylic acids is 1. The average Bonchev–Trinajstić information content (AvgIpc) is 2.62. The second-order valence-corrected chi connectivity index (χ2v) is 6.58. The summed E-state index contributed by atoms with van der Waals surface area (Å²) in [4.78, 5) is 11.1. The molecule has 2 N–H and O–H groups in total. The molecule has 6 heteroatoms. The van der Waals surface area contributed by atoms with E-state index in [1.54, 1.807) is 0 Å². The number of carbonyl (C=O) groups is 1. The third-order valence-electron chi connectivity index (χ3n) is 4.03. The van der Waals surface area contributed by atoms with Crippen molar-refractivity contribution < 1.29 is 23.9 Å². The van der Waals surface area contributed by atoms with Gasteiger partial charge in [0.2, 0.25) is 5.91 Å². The molecule has 0 bridgehead atoms. The van der Waals surface area contributed by atoms with Gasteiger partial charge in [0, 0.05) is 6.54 Å². The molecule has 1 unspecified atom stereocenters. The molecular formula is C19H31N2O4+. The van der Waals surface area contributed by atoms with Crippen LogP contribution in [0, 0.1) is 0 Å². The average molecular weight is 351 g/mol. The minimum absolute atomic E-state index is 0.179. The maximum atomic E-state index is 11.1. The molecule has 1 rings (SSSR count). The van der Waals surface area contributed by atoms with Crippen molar-refractivity contribution in [2.75, 3.05) is 47.0 Å². The van der Waals surface area contributed by atoms with Crippen LogP contribution in [0.1, 0.15) is 12.5 Å². The summed E-state index contributed by atoms with van der Waals surface area (Å²) in [5.74, 6) is 0.464. The Bertz CT molecular complexity index is 529. The summed E-state index contributed by atoms with van der Waals surface area (Å²) in [6, 6.07) is 7.35. The summed E-state index contributed by atoms with van der Waals surface area (Å²) in [6.45, 7) is 8.99. The zero-order valence-corrected chi connectivity index (χ0v) is 15.5. The number of rotatable bonds is 12. The SMILES string of the molecule is C=CC(=O)NCc1ccc(OCC(O)COCC[N+](C)(C)CC)cc1. The maximum Gasteiger partial charge on any atom is 0.243 e. The standard InChI is InChI=1S/C19H30N2O4/c1-5-19(23)20-13-16-7-9-18(10-8-16)25-15-17(22)14-24-12-11-21(3,4)6-2/h5,7-10,17,22H,1,6,11-15H2,2-4H3/p+1. The van der Waals surface area contributed by atoms with Gasteiger partial charge in [-0.05, 0) is 30.7 Å². The van der Waals surface area contributed by atoms with Gasteiger partial charge in [-0.2, -0.15) is 0 Å². The highest BCUT2D eigenvalue weighted by molar-refractivity contribution is 5.86. The van der Waals surface area contributed by atoms with Gasteiger partial charge in [0.15, 0.2) is 0 Å². The van der Waals surface area contributed by atoms with E-state index in [2.05, 4.69) is 32.9 Å². The van der Waals surface area contributed by atoms with Crippen LogP contribution in [0.2, 0.25) is 0 Å². The minimum Gasteiger partial charge on any atom is -0.491 e. The van der Waals surface area contributed by atoms with Gasteiger partial charge in [-0.1, -0.05) is 18.7 Å². The van der Waals surface area contributed by atoms with Gasteiger partial charge >= 0.3 is 0 Å². The topological polar surface area (TPSA) is 67.8 Å². The van der Waals surface area contributed by atoms with Crippen molar-refractivity contribution in [2.45, 2.75) is 19.6 Å². The van der Waals surface area contributed by atoms with Crippen molar-refractivity contribution >= 4 is 5.91 Å². The lowest BCUT2D eigenvalue weighted by atomic mass is 10.2. The number of aliphatic hydroxyl groups excluding tert-OH is 1. The van der Waals surface area contributed by atoms with E-state index in [1.165, 1.54) is 6.08 Å². The lowest BCUT2D eigenvalue weighted by Gasteiger charge is -2.28. The molecule has 0 heterocycles. The fourth-order valence-electron chi connectivity index (χ4n) is 1.89. The highest BCUT2D eigenvalue weighted by Crippen LogP contribution is 2.12. The maximum absolute atomic E-state index is 11.1. The molecule has 6 nitrogen and oxygen atoms in total. The predicted molar refractivity (Wildman–Crippen MR) is 98.3 cm³/mol. The summed E-state index contributed by atoms with van der Waals surface area (Å²) in [5, 5.41) is 12.6. The van der Waals surface area contributed by atoms with Gasteiger partial charge in [0.1, 0.15) is 25.0 Å². The van der Waals surface area contributed by atoms with Gasteiger partial charge in [-0.25, -0.2) is 0 Å². The van der Waals surface area contributed by atoms with Crippen LogP contribution in [0.15, 0.2) is 36.9 Å². The zero-order valence-electron chi connectivity index (χ0n) is 15.5. The summed E-state index contributed by atoms with van der Waals surface area (Å²) in [5.41, 5.74) is 0.961. The number of amides is 1. The molecule has 0 fully saturated rings. The first kappa shape index (κ1) is 21.2. The van der Waals surface area contributed by atoms with Crippen LogP contribution in [0.3, 0.4) is 0 Å². The lowest BCUT2D eigenvalue weighted by Crippen LogP contribution is -2.42. The molecule has 140 valence electrons. The highest BCUT2D eigenvalue weighted by Gasteiger charge is 2.12. The number of aliphatic hydroxyl groups is 1. The van der Waals surface area contributed by atoms with Crippen LogP contribution >= 0.6 is 0 Å². The number of benzene rings is 1. The van der Waals surface area contributed by atoms with E-state index in [0.29, 0.717) is 18.9 Å². The Hall–Kier alpha value is -1.89. The summed E-state index contributed by atoms with van der Waals surface area (Å²) < 4.78 is 12.0. The molecule has 0 aliphatic carbocycles. The van der Waals surface area contributed by atoms with Crippen LogP contribution in [-0.4, -0.2) is 68.6 Å². The van der Waals surface area contributed by atoms with Gasteiger partial charge < -0.3 is 24.4 Å². The van der Waals surface area contributed by atoms with Crippen molar-refractivity contribution in [3.05, 3.63) is 42.5 Å². The Morgan fingerprint density at radius 1 is 1.32 bits per heavy atom. The molecule has 25 heavy (non-hydrogen) atoms. The first-order chi connectivity index (χ1) is 11.9. The van der Waals surface area contributed by atoms with Crippen molar-refractivity contribution in [3.8, 4) is 5.75 Å².